The molecule has 1 amide bonds. The van der Waals surface area contributed by atoms with Crippen LogP contribution in [-0.4, -0.2) is 45.1 Å². The topological polar surface area (TPSA) is 152 Å². The monoisotopic (exact) mass is 521 g/mol. The van der Waals surface area contributed by atoms with E-state index in [4.69, 9.17) is 10.5 Å². The normalized spacial score (nSPS) is 14.1. The van der Waals surface area contributed by atoms with Crippen molar-refractivity contribution in [2.24, 2.45) is 17.6 Å². The lowest BCUT2D eigenvalue weighted by molar-refractivity contribution is -0.147. The number of benzene rings is 1. The minimum absolute atomic E-state index is 0.123. The van der Waals surface area contributed by atoms with Gasteiger partial charge < -0.3 is 26.0 Å². The van der Waals surface area contributed by atoms with E-state index < -0.39 is 35.9 Å². The molecule has 2 aromatic rings. The molecule has 200 valence electrons. The van der Waals surface area contributed by atoms with Gasteiger partial charge in [-0.1, -0.05) is 46.8 Å². The molecular formula is C26H39N3O6S. The first-order valence-electron chi connectivity index (χ1n) is 12.2. The molecule has 1 aromatic carbocycles. The highest BCUT2D eigenvalue weighted by Crippen LogP contribution is 2.28. The highest BCUT2D eigenvalue weighted by molar-refractivity contribution is 7.09. The van der Waals surface area contributed by atoms with Gasteiger partial charge in [-0.2, -0.15) is 0 Å². The molecule has 1 heterocycles. The highest BCUT2D eigenvalue weighted by Gasteiger charge is 2.26. The fourth-order valence-corrected chi connectivity index (χ4v) is 4.19. The Balaban J connectivity index is 0.00000316. The van der Waals surface area contributed by atoms with E-state index in [2.05, 4.69) is 10.3 Å². The number of carbonyl (C=O) groups excluding carboxylic acids is 2. The van der Waals surface area contributed by atoms with Gasteiger partial charge in [-0.05, 0) is 36.5 Å². The number of aliphatic carboxylic acids is 1. The van der Waals surface area contributed by atoms with Crippen molar-refractivity contribution in [3.8, 4) is 5.75 Å². The standard InChI is InChI=1S/C24H33N3O6S.C2H6/c1-13(2)19(25)11-21(33-15(4)28)23-27-20(12-34-23)22(30)26-17(9-14(3)24(31)32)10-16-5-7-18(29)8-6-16;1-2/h5-8,12-14,17,19,21,29H,9-11,25H2,1-4H3,(H,26,30)(H,31,32);1-2H3. The van der Waals surface area contributed by atoms with E-state index in [1.165, 1.54) is 18.3 Å². The highest BCUT2D eigenvalue weighted by atomic mass is 32.1. The van der Waals surface area contributed by atoms with Gasteiger partial charge in [0.05, 0.1) is 5.92 Å². The van der Waals surface area contributed by atoms with Crippen molar-refractivity contribution in [2.75, 3.05) is 0 Å². The Labute approximate surface area is 217 Å². The van der Waals surface area contributed by atoms with Crippen molar-refractivity contribution < 1.29 is 29.3 Å². The maximum atomic E-state index is 13.0. The zero-order chi connectivity index (χ0) is 27.4. The Kier molecular flexibility index (Phi) is 13.1. The number of nitrogens with one attached hydrogen (secondary N) is 1. The molecule has 0 aliphatic heterocycles. The van der Waals surface area contributed by atoms with Gasteiger partial charge in [0, 0.05) is 30.8 Å². The number of hydrogen-bond donors (Lipinski definition) is 4. The lowest BCUT2D eigenvalue weighted by Gasteiger charge is -2.22. The predicted molar refractivity (Wildman–Crippen MR) is 140 cm³/mol. The summed E-state index contributed by atoms with van der Waals surface area (Å²) in [7, 11) is 0. The molecule has 0 aliphatic rings. The molecule has 0 saturated carbocycles. The lowest BCUT2D eigenvalue weighted by Crippen LogP contribution is -2.38. The summed E-state index contributed by atoms with van der Waals surface area (Å²) in [5, 5.41) is 23.8. The first-order valence-corrected chi connectivity index (χ1v) is 13.0. The first kappa shape index (κ1) is 31.1. The van der Waals surface area contributed by atoms with Gasteiger partial charge in [0.1, 0.15) is 16.5 Å². The Morgan fingerprint density at radius 3 is 2.25 bits per heavy atom. The number of nitrogens with two attached hydrogens (primary N) is 1. The Bertz CT molecular complexity index is 976. The number of thiazole rings is 1. The number of ether oxygens (including phenoxy) is 1. The summed E-state index contributed by atoms with van der Waals surface area (Å²) in [4.78, 5) is 40.3. The summed E-state index contributed by atoms with van der Waals surface area (Å²) in [6, 6.07) is 5.85. The van der Waals surface area contributed by atoms with E-state index in [9.17, 15) is 24.6 Å². The van der Waals surface area contributed by atoms with Crippen LogP contribution in [0.25, 0.3) is 0 Å². The van der Waals surface area contributed by atoms with Crippen molar-refractivity contribution in [2.45, 2.75) is 79.0 Å². The van der Waals surface area contributed by atoms with E-state index in [0.717, 1.165) is 5.56 Å². The third-order valence-corrected chi connectivity index (χ3v) is 6.43. The summed E-state index contributed by atoms with van der Waals surface area (Å²) in [6.07, 6.45) is 0.338. The molecule has 5 N–H and O–H groups in total. The predicted octanol–water partition coefficient (Wildman–Crippen LogP) is 4.30. The number of phenols is 1. The minimum Gasteiger partial charge on any atom is -0.508 e. The second kappa shape index (κ2) is 15.2. The number of carboxylic acids is 1. The van der Waals surface area contributed by atoms with Gasteiger partial charge in [-0.25, -0.2) is 4.98 Å². The second-order valence-corrected chi connectivity index (χ2v) is 9.72. The average Bonchev–Trinajstić information content (AvgIpc) is 3.31. The van der Waals surface area contributed by atoms with E-state index in [-0.39, 0.29) is 29.8 Å². The number of rotatable bonds is 12. The van der Waals surface area contributed by atoms with Crippen LogP contribution in [0.3, 0.4) is 0 Å². The average molecular weight is 522 g/mol. The Morgan fingerprint density at radius 1 is 1.11 bits per heavy atom. The number of carbonyl (C=O) groups is 3. The minimum atomic E-state index is -0.952. The van der Waals surface area contributed by atoms with Crippen LogP contribution in [-0.2, 0) is 20.7 Å². The van der Waals surface area contributed by atoms with E-state index in [1.54, 1.807) is 36.6 Å². The smallest absolute Gasteiger partial charge is 0.306 e. The molecule has 4 atom stereocenters. The first-order chi connectivity index (χ1) is 17.0. The third kappa shape index (κ3) is 10.3. The van der Waals surface area contributed by atoms with Crippen molar-refractivity contribution in [3.63, 3.8) is 0 Å². The summed E-state index contributed by atoms with van der Waals surface area (Å²) in [6.45, 7) is 10.8. The number of hydrogen-bond acceptors (Lipinski definition) is 8. The van der Waals surface area contributed by atoms with Crippen LogP contribution in [0.4, 0.5) is 0 Å². The molecule has 0 saturated heterocycles. The van der Waals surface area contributed by atoms with Crippen LogP contribution >= 0.6 is 11.3 Å². The van der Waals surface area contributed by atoms with E-state index >= 15 is 0 Å². The van der Waals surface area contributed by atoms with Gasteiger partial charge in [0.2, 0.25) is 0 Å². The third-order valence-electron chi connectivity index (χ3n) is 5.49. The van der Waals surface area contributed by atoms with Gasteiger partial charge in [0.25, 0.3) is 5.91 Å². The number of phenolic OH excluding ortho intramolecular Hbond substituents is 1. The van der Waals surface area contributed by atoms with E-state index in [0.29, 0.717) is 17.8 Å². The Hall–Kier alpha value is -2.98. The van der Waals surface area contributed by atoms with Crippen molar-refractivity contribution in [1.82, 2.24) is 10.3 Å². The SMILES string of the molecule is CC.CC(=O)OC(CC(N)C(C)C)c1nc(C(=O)NC(Cc2ccc(O)cc2)CC(C)C(=O)O)cs1. The lowest BCUT2D eigenvalue weighted by atomic mass is 9.96. The number of carboxylic acid groups (broad SMARTS) is 1. The molecule has 10 heteroatoms. The van der Waals surface area contributed by atoms with Crippen LogP contribution in [0.2, 0.25) is 0 Å². The molecule has 9 nitrogen and oxygen atoms in total. The molecule has 4 unspecified atom stereocenters. The summed E-state index contributed by atoms with van der Waals surface area (Å²) >= 11 is 1.21. The number of amides is 1. The second-order valence-electron chi connectivity index (χ2n) is 8.83. The van der Waals surface area contributed by atoms with Crippen molar-refractivity contribution >= 4 is 29.2 Å². The molecule has 2 rings (SSSR count). The summed E-state index contributed by atoms with van der Waals surface area (Å²) < 4.78 is 5.41. The summed E-state index contributed by atoms with van der Waals surface area (Å²) in [5.74, 6) is -2.22. The molecular weight excluding hydrogens is 482 g/mol. The molecule has 0 aliphatic carbocycles. The molecule has 0 fully saturated rings. The fraction of sp³-hybridized carbons (Fsp3) is 0.538. The van der Waals surface area contributed by atoms with E-state index in [1.807, 2.05) is 27.7 Å². The number of aromatic hydroxyl groups is 1. The molecule has 36 heavy (non-hydrogen) atoms. The van der Waals surface area contributed by atoms with Crippen LogP contribution in [0, 0.1) is 11.8 Å². The van der Waals surface area contributed by atoms with Crippen LogP contribution in [0.1, 0.15) is 81.5 Å². The quantitative estimate of drug-likeness (QED) is 0.302. The molecule has 0 radical (unpaired) electrons. The maximum absolute atomic E-state index is 13.0. The fourth-order valence-electron chi connectivity index (χ4n) is 3.36. The number of nitrogens with zero attached hydrogens (tertiary/aromatic N) is 1. The summed E-state index contributed by atoms with van der Waals surface area (Å²) in [5.41, 5.74) is 7.16. The largest absolute Gasteiger partial charge is 0.508 e. The van der Waals surface area contributed by atoms with Gasteiger partial charge in [-0.3, -0.25) is 14.4 Å². The molecule has 0 spiro atoms. The van der Waals surface area contributed by atoms with Crippen molar-refractivity contribution in [1.29, 1.82) is 0 Å². The van der Waals surface area contributed by atoms with Crippen LogP contribution in [0.15, 0.2) is 29.6 Å². The van der Waals surface area contributed by atoms with Crippen LogP contribution in [0.5, 0.6) is 5.75 Å². The number of aromatic nitrogens is 1. The van der Waals surface area contributed by atoms with Crippen LogP contribution < -0.4 is 11.1 Å². The molecule has 1 aromatic heterocycles. The zero-order valence-corrected chi connectivity index (χ0v) is 22.7. The number of esters is 1. The van der Waals surface area contributed by atoms with Crippen molar-refractivity contribution in [3.05, 3.63) is 45.9 Å². The van der Waals surface area contributed by atoms with Gasteiger partial charge in [0.15, 0.2) is 6.10 Å². The zero-order valence-electron chi connectivity index (χ0n) is 21.9. The maximum Gasteiger partial charge on any atom is 0.306 e. The van der Waals surface area contributed by atoms with Gasteiger partial charge >= 0.3 is 11.9 Å². The van der Waals surface area contributed by atoms with Gasteiger partial charge in [-0.15, -0.1) is 11.3 Å². The Morgan fingerprint density at radius 2 is 1.72 bits per heavy atom. The molecule has 0 bridgehead atoms.